The second-order valence-electron chi connectivity index (χ2n) is 7.25. The highest BCUT2D eigenvalue weighted by Crippen LogP contribution is 2.39. The van der Waals surface area contributed by atoms with Gasteiger partial charge in [0.1, 0.15) is 0 Å². The van der Waals surface area contributed by atoms with Gasteiger partial charge in [-0.3, -0.25) is 4.98 Å². The van der Waals surface area contributed by atoms with Crippen molar-refractivity contribution in [1.29, 1.82) is 0 Å². The summed E-state index contributed by atoms with van der Waals surface area (Å²) < 4.78 is 0. The van der Waals surface area contributed by atoms with Crippen molar-refractivity contribution in [2.45, 2.75) is 40.0 Å². The van der Waals surface area contributed by atoms with E-state index in [4.69, 9.17) is 10.8 Å². The first-order valence-corrected chi connectivity index (χ1v) is 8.23. The van der Waals surface area contributed by atoms with E-state index in [1.807, 2.05) is 0 Å². The van der Waals surface area contributed by atoms with Gasteiger partial charge in [-0.25, -0.2) is 0 Å². The third kappa shape index (κ3) is 2.05. The maximum absolute atomic E-state index is 5.74. The summed E-state index contributed by atoms with van der Waals surface area (Å²) >= 11 is 0. The Balaban J connectivity index is 2.16. The predicted molar refractivity (Wildman–Crippen MR) is 95.8 cm³/mol. The lowest BCUT2D eigenvalue weighted by atomic mass is 9.74. The third-order valence-electron chi connectivity index (χ3n) is 4.87. The molecule has 0 radical (unpaired) electrons. The van der Waals surface area contributed by atoms with Gasteiger partial charge in [-0.2, -0.15) is 5.10 Å². The molecular formula is C19H22N4. The van der Waals surface area contributed by atoms with E-state index >= 15 is 0 Å². The smallest absolute Gasteiger partial charge is 0.0717 e. The molecule has 4 rings (SSSR count). The number of hydrogen-bond donors (Lipinski definition) is 2. The number of aryl methyl sites for hydroxylation is 1. The van der Waals surface area contributed by atoms with E-state index in [0.29, 0.717) is 0 Å². The quantitative estimate of drug-likeness (QED) is 0.528. The standard InChI is InChI=1S/C19H22N4/c1-4-12-16-11-7-5-6-8-13(11)22-18(16)17-14(21-12)9-19(2,3)10-15(17)23-20/h5-8,22H,4,9-10,20H2,1-3H3. The van der Waals surface area contributed by atoms with Gasteiger partial charge < -0.3 is 10.8 Å². The van der Waals surface area contributed by atoms with Crippen LogP contribution in [-0.4, -0.2) is 15.7 Å². The number of pyridine rings is 1. The Morgan fingerprint density at radius 1 is 1.26 bits per heavy atom. The molecule has 1 aliphatic rings. The first-order valence-electron chi connectivity index (χ1n) is 8.23. The zero-order valence-electron chi connectivity index (χ0n) is 13.9. The molecule has 0 spiro atoms. The highest BCUT2D eigenvalue weighted by atomic mass is 15.1. The lowest BCUT2D eigenvalue weighted by Crippen LogP contribution is -2.29. The number of nitrogens with two attached hydrogens (primary N) is 1. The van der Waals surface area contributed by atoms with Crippen molar-refractivity contribution in [2.75, 3.05) is 0 Å². The molecule has 0 amide bonds. The van der Waals surface area contributed by atoms with Crippen LogP contribution >= 0.6 is 0 Å². The Hall–Kier alpha value is -2.36. The first kappa shape index (κ1) is 14.2. The summed E-state index contributed by atoms with van der Waals surface area (Å²) in [5.41, 5.74) is 6.80. The molecule has 118 valence electrons. The van der Waals surface area contributed by atoms with Crippen molar-refractivity contribution in [3.63, 3.8) is 0 Å². The molecule has 2 heterocycles. The maximum Gasteiger partial charge on any atom is 0.0717 e. The van der Waals surface area contributed by atoms with Gasteiger partial charge in [0.05, 0.1) is 22.6 Å². The van der Waals surface area contributed by atoms with Gasteiger partial charge in [0.15, 0.2) is 0 Å². The van der Waals surface area contributed by atoms with Crippen LogP contribution in [0.15, 0.2) is 29.4 Å². The minimum absolute atomic E-state index is 0.142. The van der Waals surface area contributed by atoms with Crippen LogP contribution in [0.2, 0.25) is 0 Å². The van der Waals surface area contributed by atoms with Gasteiger partial charge in [0.25, 0.3) is 0 Å². The summed E-state index contributed by atoms with van der Waals surface area (Å²) in [6.07, 6.45) is 2.76. The molecule has 0 unspecified atom stereocenters. The van der Waals surface area contributed by atoms with Crippen LogP contribution in [0.1, 0.15) is 44.1 Å². The Morgan fingerprint density at radius 2 is 2.04 bits per heavy atom. The lowest BCUT2D eigenvalue weighted by molar-refractivity contribution is 0.367. The molecule has 4 heteroatoms. The van der Waals surface area contributed by atoms with Crippen LogP contribution in [0.4, 0.5) is 0 Å². The Morgan fingerprint density at radius 3 is 2.78 bits per heavy atom. The molecule has 4 nitrogen and oxygen atoms in total. The fourth-order valence-electron chi connectivity index (χ4n) is 3.91. The van der Waals surface area contributed by atoms with Crippen LogP contribution in [0.3, 0.4) is 0 Å². The summed E-state index contributed by atoms with van der Waals surface area (Å²) in [5, 5.41) is 6.57. The number of rotatable bonds is 1. The molecule has 0 aliphatic heterocycles. The van der Waals surface area contributed by atoms with Crippen molar-refractivity contribution in [1.82, 2.24) is 9.97 Å². The Kier molecular flexibility index (Phi) is 2.98. The number of benzene rings is 1. The van der Waals surface area contributed by atoms with Crippen LogP contribution in [-0.2, 0) is 12.8 Å². The van der Waals surface area contributed by atoms with Gasteiger partial charge in [0.2, 0.25) is 0 Å². The van der Waals surface area contributed by atoms with Gasteiger partial charge in [-0.15, -0.1) is 0 Å². The van der Waals surface area contributed by atoms with Crippen molar-refractivity contribution in [3.05, 3.63) is 41.2 Å². The average molecular weight is 306 g/mol. The van der Waals surface area contributed by atoms with E-state index < -0.39 is 0 Å². The molecule has 3 N–H and O–H groups in total. The zero-order chi connectivity index (χ0) is 16.2. The van der Waals surface area contributed by atoms with Crippen molar-refractivity contribution < 1.29 is 0 Å². The van der Waals surface area contributed by atoms with Crippen molar-refractivity contribution in [2.24, 2.45) is 16.4 Å². The monoisotopic (exact) mass is 306 g/mol. The summed E-state index contributed by atoms with van der Waals surface area (Å²) in [4.78, 5) is 8.62. The second kappa shape index (κ2) is 4.82. The average Bonchev–Trinajstić information content (AvgIpc) is 2.91. The number of para-hydroxylation sites is 1. The highest BCUT2D eigenvalue weighted by Gasteiger charge is 2.33. The molecule has 0 atom stereocenters. The second-order valence-corrected chi connectivity index (χ2v) is 7.25. The molecule has 0 saturated heterocycles. The van der Waals surface area contributed by atoms with Crippen LogP contribution in [0.5, 0.6) is 0 Å². The van der Waals surface area contributed by atoms with E-state index in [1.165, 1.54) is 10.8 Å². The Bertz CT molecular complexity index is 947. The minimum Gasteiger partial charge on any atom is -0.354 e. The topological polar surface area (TPSA) is 67.1 Å². The largest absolute Gasteiger partial charge is 0.354 e. The first-order chi connectivity index (χ1) is 11.0. The number of nitrogens with zero attached hydrogens (tertiary/aromatic N) is 2. The number of aromatic nitrogens is 2. The fourth-order valence-corrected chi connectivity index (χ4v) is 3.91. The lowest BCUT2D eigenvalue weighted by Gasteiger charge is -2.31. The molecule has 0 saturated carbocycles. The molecule has 0 bridgehead atoms. The van der Waals surface area contributed by atoms with E-state index in [1.54, 1.807) is 0 Å². The summed E-state index contributed by atoms with van der Waals surface area (Å²) in [6.45, 7) is 6.68. The predicted octanol–water partition coefficient (Wildman–Crippen LogP) is 3.91. The molecule has 3 aromatic rings. The molecular weight excluding hydrogens is 284 g/mol. The third-order valence-corrected chi connectivity index (χ3v) is 4.87. The van der Waals surface area contributed by atoms with Crippen LogP contribution < -0.4 is 5.84 Å². The van der Waals surface area contributed by atoms with E-state index in [9.17, 15) is 0 Å². The molecule has 1 aliphatic carbocycles. The highest BCUT2D eigenvalue weighted by molar-refractivity contribution is 6.18. The Labute approximate surface area is 135 Å². The molecule has 23 heavy (non-hydrogen) atoms. The fraction of sp³-hybridized carbons (Fsp3) is 0.368. The zero-order valence-corrected chi connectivity index (χ0v) is 13.9. The maximum atomic E-state index is 5.74. The van der Waals surface area contributed by atoms with E-state index in [0.717, 1.165) is 53.0 Å². The summed E-state index contributed by atoms with van der Waals surface area (Å²) in [7, 11) is 0. The minimum atomic E-state index is 0.142. The summed E-state index contributed by atoms with van der Waals surface area (Å²) in [6, 6.07) is 8.42. The molecule has 2 aromatic heterocycles. The molecule has 0 fully saturated rings. The number of aromatic amines is 1. The van der Waals surface area contributed by atoms with Crippen LogP contribution in [0.25, 0.3) is 21.8 Å². The summed E-state index contributed by atoms with van der Waals surface area (Å²) in [5.74, 6) is 5.74. The number of H-pyrrole nitrogens is 1. The number of hydrogen-bond acceptors (Lipinski definition) is 3. The number of fused-ring (bicyclic) bond motifs is 5. The van der Waals surface area contributed by atoms with E-state index in [-0.39, 0.29) is 5.41 Å². The number of nitrogens with one attached hydrogen (secondary N) is 1. The normalized spacial score (nSPS) is 18.7. The van der Waals surface area contributed by atoms with E-state index in [2.05, 4.69) is 55.1 Å². The van der Waals surface area contributed by atoms with Crippen LogP contribution in [0, 0.1) is 5.41 Å². The van der Waals surface area contributed by atoms with Gasteiger partial charge >= 0.3 is 0 Å². The van der Waals surface area contributed by atoms with Gasteiger partial charge in [0, 0.05) is 21.9 Å². The molecule has 1 aromatic carbocycles. The van der Waals surface area contributed by atoms with Gasteiger partial charge in [-0.1, -0.05) is 39.0 Å². The number of hydrazone groups is 1. The van der Waals surface area contributed by atoms with Crippen molar-refractivity contribution in [3.8, 4) is 0 Å². The van der Waals surface area contributed by atoms with Crippen molar-refractivity contribution >= 4 is 27.5 Å². The SMILES string of the molecule is CCc1nc2c(c3[nH]c4ccccc4c13)C(=NN)CC(C)(C)C2. The van der Waals surface area contributed by atoms with Gasteiger partial charge in [-0.05, 0) is 30.7 Å².